The van der Waals surface area contributed by atoms with Crippen LogP contribution in [0.25, 0.3) is 32.1 Å². The van der Waals surface area contributed by atoms with Gasteiger partial charge >= 0.3 is 0 Å². The second-order valence-electron chi connectivity index (χ2n) is 10.9. The molecule has 1 fully saturated rings. The summed E-state index contributed by atoms with van der Waals surface area (Å²) < 4.78 is 8.24. The van der Waals surface area contributed by atoms with Crippen molar-refractivity contribution >= 4 is 61.6 Å². The molecule has 0 aliphatic carbocycles. The average molecular weight is 612 g/mol. The van der Waals surface area contributed by atoms with Crippen molar-refractivity contribution in [1.29, 1.82) is 0 Å². The largest absolute Gasteiger partial charge is 0.495 e. The van der Waals surface area contributed by atoms with E-state index < -0.39 is 0 Å². The number of hydrogen-bond donors (Lipinski definition) is 4. The molecule has 0 spiro atoms. The zero-order chi connectivity index (χ0) is 31.0. The van der Waals surface area contributed by atoms with E-state index in [4.69, 9.17) is 16.2 Å². The molecule has 44 heavy (non-hydrogen) atoms. The third-order valence-corrected chi connectivity index (χ3v) is 9.18. The summed E-state index contributed by atoms with van der Waals surface area (Å²) in [6, 6.07) is 15.2. The quantitative estimate of drug-likeness (QED) is 0.196. The van der Waals surface area contributed by atoms with Gasteiger partial charge in [-0.05, 0) is 54.6 Å². The Morgan fingerprint density at radius 2 is 1.95 bits per heavy atom. The normalized spacial score (nSPS) is 15.1. The summed E-state index contributed by atoms with van der Waals surface area (Å²) >= 11 is 1.41. The number of likely N-dealkylation sites (tertiary alicyclic amines) is 1. The maximum Gasteiger partial charge on any atom is 0.272 e. The Bertz CT molecular complexity index is 1910. The maximum absolute atomic E-state index is 13.3. The molecular weight excluding hydrogens is 578 g/mol. The van der Waals surface area contributed by atoms with Crippen molar-refractivity contribution in [2.75, 3.05) is 37.8 Å². The van der Waals surface area contributed by atoms with E-state index in [2.05, 4.69) is 15.6 Å². The van der Waals surface area contributed by atoms with E-state index in [1.54, 1.807) is 13.2 Å². The van der Waals surface area contributed by atoms with Crippen LogP contribution in [0.3, 0.4) is 0 Å². The lowest BCUT2D eigenvalue weighted by atomic mass is 10.0. The molecule has 1 aliphatic rings. The van der Waals surface area contributed by atoms with Crippen molar-refractivity contribution in [3.05, 3.63) is 71.4 Å². The summed E-state index contributed by atoms with van der Waals surface area (Å²) in [5.74, 6) is -0.105. The number of aryl methyl sites for hydroxylation is 1. The van der Waals surface area contributed by atoms with E-state index in [1.165, 1.54) is 17.5 Å². The average Bonchev–Trinajstić information content (AvgIpc) is 3.74. The van der Waals surface area contributed by atoms with E-state index >= 15 is 0 Å². The third kappa shape index (κ3) is 5.45. The lowest BCUT2D eigenvalue weighted by Crippen LogP contribution is -2.43. The number of rotatable bonds is 9. The van der Waals surface area contributed by atoms with Crippen LogP contribution < -0.4 is 26.8 Å². The van der Waals surface area contributed by atoms with Crippen molar-refractivity contribution in [3.8, 4) is 16.9 Å². The number of ether oxygens (including phenoxy) is 1. The lowest BCUT2D eigenvalue weighted by molar-refractivity contribution is -0.119. The predicted molar refractivity (Wildman–Crippen MR) is 173 cm³/mol. The van der Waals surface area contributed by atoms with Crippen molar-refractivity contribution in [1.82, 2.24) is 19.8 Å². The Morgan fingerprint density at radius 1 is 1.14 bits per heavy atom. The van der Waals surface area contributed by atoms with Crippen LogP contribution in [0, 0.1) is 0 Å². The topological polar surface area (TPSA) is 158 Å². The number of para-hydroxylation sites is 1. The molecule has 6 N–H and O–H groups in total. The van der Waals surface area contributed by atoms with Crippen LogP contribution in [-0.4, -0.2) is 65.0 Å². The second kappa shape index (κ2) is 12.0. The number of amides is 3. The molecule has 4 heterocycles. The molecule has 0 bridgehead atoms. The standard InChI is InChI=1S/C32H33N7O4S/c1-38-24-8-4-3-6-19(24)12-25(38)32(42)37-23-10-9-18(13-26(23)43-2)22-17-44-29-21(15-35-30(34)28(22)29)31(41)36-14-20-7-5-11-39(20)16-27(33)40/h3-4,6,8-10,12-13,15,17,20H,5,7,11,14,16H2,1-2H3,(H2,33,40)(H2,34,35)(H,36,41)(H,37,42). The summed E-state index contributed by atoms with van der Waals surface area (Å²) in [4.78, 5) is 44.3. The SMILES string of the molecule is COc1cc(-c2csc3c(C(=O)NCC4CCCN4CC(N)=O)cnc(N)c23)ccc1NC(=O)c1cc2ccccc2n1C. The van der Waals surface area contributed by atoms with Crippen molar-refractivity contribution < 1.29 is 19.1 Å². The number of pyridine rings is 1. The van der Waals surface area contributed by atoms with Gasteiger partial charge in [0.05, 0.1) is 29.6 Å². The number of benzene rings is 2. The Kier molecular flexibility index (Phi) is 7.93. The van der Waals surface area contributed by atoms with Crippen LogP contribution >= 0.6 is 11.3 Å². The molecule has 1 unspecified atom stereocenters. The number of primary amides is 1. The number of methoxy groups -OCH3 is 1. The summed E-state index contributed by atoms with van der Waals surface area (Å²) in [5.41, 5.74) is 15.8. The van der Waals surface area contributed by atoms with E-state index in [9.17, 15) is 14.4 Å². The van der Waals surface area contributed by atoms with E-state index in [1.807, 2.05) is 64.4 Å². The molecule has 0 radical (unpaired) electrons. The van der Waals surface area contributed by atoms with Crippen molar-refractivity contribution in [2.24, 2.45) is 12.8 Å². The summed E-state index contributed by atoms with van der Waals surface area (Å²) in [7, 11) is 3.41. The lowest BCUT2D eigenvalue weighted by Gasteiger charge is -2.23. The first-order valence-corrected chi connectivity index (χ1v) is 15.1. The number of nitrogens with two attached hydrogens (primary N) is 2. The van der Waals surface area contributed by atoms with Crippen LogP contribution in [0.1, 0.15) is 33.7 Å². The van der Waals surface area contributed by atoms with Crippen molar-refractivity contribution in [3.63, 3.8) is 0 Å². The van der Waals surface area contributed by atoms with Gasteiger partial charge in [-0.2, -0.15) is 0 Å². The number of anilines is 2. The number of carbonyl (C=O) groups excluding carboxylic acids is 3. The van der Waals surface area contributed by atoms with Gasteiger partial charge in [-0.3, -0.25) is 19.3 Å². The monoisotopic (exact) mass is 611 g/mol. The molecule has 2 aromatic carbocycles. The minimum Gasteiger partial charge on any atom is -0.495 e. The first-order valence-electron chi connectivity index (χ1n) is 14.3. The van der Waals surface area contributed by atoms with Gasteiger partial charge in [0, 0.05) is 47.7 Å². The molecule has 12 heteroatoms. The Labute approximate surface area is 257 Å². The number of nitrogen functional groups attached to an aromatic ring is 1. The van der Waals surface area contributed by atoms with Gasteiger partial charge in [0.1, 0.15) is 17.3 Å². The Hall–Kier alpha value is -4.94. The van der Waals surface area contributed by atoms with Gasteiger partial charge in [-0.15, -0.1) is 11.3 Å². The van der Waals surface area contributed by atoms with Crippen LogP contribution in [-0.2, 0) is 11.8 Å². The highest BCUT2D eigenvalue weighted by molar-refractivity contribution is 7.18. The molecule has 3 amide bonds. The van der Waals surface area contributed by atoms with Crippen LogP contribution in [0.2, 0.25) is 0 Å². The van der Waals surface area contributed by atoms with Crippen LogP contribution in [0.15, 0.2) is 60.1 Å². The highest BCUT2D eigenvalue weighted by Crippen LogP contribution is 2.41. The minimum absolute atomic E-state index is 0.0507. The molecule has 5 aromatic rings. The number of nitrogens with zero attached hydrogens (tertiary/aromatic N) is 3. The summed E-state index contributed by atoms with van der Waals surface area (Å²) in [5, 5.41) is 9.57. The number of fused-ring (bicyclic) bond motifs is 2. The number of carbonyl (C=O) groups is 3. The minimum atomic E-state index is -0.379. The fourth-order valence-corrected chi connectivity index (χ4v) is 7.03. The summed E-state index contributed by atoms with van der Waals surface area (Å²) in [6.45, 7) is 1.36. The van der Waals surface area contributed by atoms with E-state index in [0.717, 1.165) is 46.1 Å². The Morgan fingerprint density at radius 3 is 2.73 bits per heavy atom. The number of thiophene rings is 1. The molecular formula is C32H33N7O4S. The van der Waals surface area contributed by atoms with Gasteiger partial charge in [0.15, 0.2) is 0 Å². The fraction of sp³-hybridized carbons (Fsp3) is 0.250. The highest BCUT2D eigenvalue weighted by Gasteiger charge is 2.27. The first kappa shape index (κ1) is 29.1. The summed E-state index contributed by atoms with van der Waals surface area (Å²) in [6.07, 6.45) is 3.33. The van der Waals surface area contributed by atoms with E-state index in [0.29, 0.717) is 40.4 Å². The molecule has 0 saturated carbocycles. The number of aromatic nitrogens is 2. The predicted octanol–water partition coefficient (Wildman–Crippen LogP) is 3.98. The van der Waals surface area contributed by atoms with Crippen LogP contribution in [0.5, 0.6) is 5.75 Å². The molecule has 11 nitrogen and oxygen atoms in total. The van der Waals surface area contributed by atoms with Gasteiger partial charge in [0.25, 0.3) is 11.8 Å². The zero-order valence-electron chi connectivity index (χ0n) is 24.4. The first-order chi connectivity index (χ1) is 21.2. The molecule has 1 aliphatic heterocycles. The molecule has 6 rings (SSSR count). The Balaban J connectivity index is 1.24. The maximum atomic E-state index is 13.3. The second-order valence-corrected chi connectivity index (χ2v) is 11.7. The molecule has 226 valence electrons. The van der Waals surface area contributed by atoms with Gasteiger partial charge < -0.3 is 31.4 Å². The molecule has 1 atom stereocenters. The fourth-order valence-electron chi connectivity index (χ4n) is 5.94. The van der Waals surface area contributed by atoms with E-state index in [-0.39, 0.29) is 30.3 Å². The smallest absolute Gasteiger partial charge is 0.272 e. The number of nitrogens with one attached hydrogen (secondary N) is 2. The van der Waals surface area contributed by atoms with Gasteiger partial charge in [0.2, 0.25) is 5.91 Å². The number of hydrogen-bond acceptors (Lipinski definition) is 8. The van der Waals surface area contributed by atoms with Gasteiger partial charge in [-0.1, -0.05) is 24.3 Å². The molecule has 1 saturated heterocycles. The molecule has 3 aromatic heterocycles. The van der Waals surface area contributed by atoms with Gasteiger partial charge in [-0.25, -0.2) is 4.98 Å². The highest BCUT2D eigenvalue weighted by atomic mass is 32.1. The van der Waals surface area contributed by atoms with Crippen molar-refractivity contribution in [2.45, 2.75) is 18.9 Å². The van der Waals surface area contributed by atoms with Crippen LogP contribution in [0.4, 0.5) is 11.5 Å². The zero-order valence-corrected chi connectivity index (χ0v) is 25.2. The third-order valence-electron chi connectivity index (χ3n) is 8.17.